The van der Waals surface area contributed by atoms with Crippen molar-refractivity contribution in [2.75, 3.05) is 25.0 Å². The number of aromatic nitrogens is 3. The first-order valence-electron chi connectivity index (χ1n) is 17.5. The van der Waals surface area contributed by atoms with Crippen LogP contribution in [0.5, 0.6) is 5.88 Å². The van der Waals surface area contributed by atoms with E-state index in [-0.39, 0.29) is 36.7 Å². The fourth-order valence-electron chi connectivity index (χ4n) is 7.03. The highest BCUT2D eigenvalue weighted by molar-refractivity contribution is 7.18. The molecular formula is C38H37Cl2F2N7O4S. The smallest absolute Gasteiger partial charge is 0.388 e. The van der Waals surface area contributed by atoms with E-state index in [2.05, 4.69) is 30.8 Å². The zero-order chi connectivity index (χ0) is 37.9. The van der Waals surface area contributed by atoms with E-state index in [0.717, 1.165) is 29.2 Å². The van der Waals surface area contributed by atoms with Crippen molar-refractivity contribution in [2.45, 2.75) is 58.3 Å². The van der Waals surface area contributed by atoms with E-state index in [0.29, 0.717) is 86.5 Å². The second kappa shape index (κ2) is 16.5. The van der Waals surface area contributed by atoms with Crippen LogP contribution in [0.2, 0.25) is 10.0 Å². The molecule has 2 saturated heterocycles. The number of anilines is 2. The number of thiazole rings is 1. The van der Waals surface area contributed by atoms with Gasteiger partial charge in [0.2, 0.25) is 11.8 Å². The zero-order valence-electron chi connectivity index (χ0n) is 29.2. The van der Waals surface area contributed by atoms with E-state index in [1.165, 1.54) is 0 Å². The predicted molar refractivity (Wildman–Crippen MR) is 206 cm³/mol. The molecule has 2 atom stereocenters. The summed E-state index contributed by atoms with van der Waals surface area (Å²) >= 11 is 15.7. The molecular weight excluding hydrogens is 759 g/mol. The lowest BCUT2D eigenvalue weighted by molar-refractivity contribution is -0.138. The number of fused-ring (bicyclic) bond motifs is 1. The molecule has 11 nitrogen and oxygen atoms in total. The minimum Gasteiger partial charge on any atom is -0.481 e. The topological polar surface area (TPSA) is 142 Å². The van der Waals surface area contributed by atoms with Crippen molar-refractivity contribution in [2.24, 2.45) is 5.92 Å². The largest absolute Gasteiger partial charge is 0.481 e. The van der Waals surface area contributed by atoms with Crippen molar-refractivity contribution in [1.29, 1.82) is 0 Å². The Labute approximate surface area is 324 Å². The van der Waals surface area contributed by atoms with Crippen LogP contribution in [0.25, 0.3) is 32.6 Å². The Bertz CT molecular complexity index is 2210. The van der Waals surface area contributed by atoms with Gasteiger partial charge in [-0.15, -0.1) is 11.3 Å². The minimum atomic E-state index is -3.09. The van der Waals surface area contributed by atoms with Crippen molar-refractivity contribution < 1.29 is 28.2 Å². The molecule has 2 aliphatic rings. The molecule has 0 unspecified atom stereocenters. The number of aryl methyl sites for hydroxylation is 1. The number of carbonyl (C=O) groups is 2. The van der Waals surface area contributed by atoms with Gasteiger partial charge in [-0.25, -0.2) is 15.0 Å². The number of amides is 1. The van der Waals surface area contributed by atoms with Gasteiger partial charge in [-0.05, 0) is 56.0 Å². The molecule has 0 spiro atoms. The molecule has 0 radical (unpaired) electrons. The predicted octanol–water partition coefficient (Wildman–Crippen LogP) is 8.05. The van der Waals surface area contributed by atoms with Crippen molar-refractivity contribution >= 4 is 68.1 Å². The summed E-state index contributed by atoms with van der Waals surface area (Å²) in [6.45, 7) is 1.59. The number of nitrogens with zero attached hydrogens (tertiary/aromatic N) is 4. The summed E-state index contributed by atoms with van der Waals surface area (Å²) < 4.78 is 33.0. The first-order valence-corrected chi connectivity index (χ1v) is 19.1. The Balaban J connectivity index is 1.12. The first-order chi connectivity index (χ1) is 26.0. The number of carboxylic acid groups (broad SMARTS) is 1. The van der Waals surface area contributed by atoms with Crippen LogP contribution in [-0.2, 0) is 22.7 Å². The van der Waals surface area contributed by atoms with Gasteiger partial charge < -0.3 is 25.8 Å². The zero-order valence-corrected chi connectivity index (χ0v) is 31.5. The van der Waals surface area contributed by atoms with Gasteiger partial charge in [0.15, 0.2) is 5.82 Å². The van der Waals surface area contributed by atoms with Crippen LogP contribution in [0.1, 0.15) is 41.8 Å². The average Bonchev–Trinajstić information content (AvgIpc) is 3.86. The second-order valence-corrected chi connectivity index (χ2v) is 15.4. The Hall–Kier alpha value is -4.47. The first kappa shape index (κ1) is 37.8. The average molecular weight is 797 g/mol. The van der Waals surface area contributed by atoms with Crippen LogP contribution in [0.15, 0.2) is 54.7 Å². The maximum atomic E-state index is 13.6. The lowest BCUT2D eigenvalue weighted by atomic mass is 9.99. The number of aliphatic carboxylic acids is 1. The van der Waals surface area contributed by atoms with Crippen LogP contribution in [0.4, 0.5) is 20.3 Å². The van der Waals surface area contributed by atoms with Gasteiger partial charge in [-0.1, -0.05) is 53.5 Å². The van der Waals surface area contributed by atoms with Gasteiger partial charge in [0, 0.05) is 67.0 Å². The van der Waals surface area contributed by atoms with Gasteiger partial charge in [-0.2, -0.15) is 8.78 Å². The normalized spacial score (nSPS) is 17.4. The summed E-state index contributed by atoms with van der Waals surface area (Å²) in [7, 11) is 0. The highest BCUT2D eigenvalue weighted by Crippen LogP contribution is 2.43. The van der Waals surface area contributed by atoms with E-state index >= 15 is 0 Å². The summed E-state index contributed by atoms with van der Waals surface area (Å²) in [5, 5.41) is 20.3. The van der Waals surface area contributed by atoms with E-state index < -0.39 is 12.6 Å². The summed E-state index contributed by atoms with van der Waals surface area (Å²) in [5.41, 5.74) is 4.54. The van der Waals surface area contributed by atoms with Crippen molar-refractivity contribution in [1.82, 2.24) is 30.5 Å². The molecule has 3 aromatic heterocycles. The number of hydrogen-bond acceptors (Lipinski definition) is 10. The molecule has 4 N–H and O–H groups in total. The van der Waals surface area contributed by atoms with Gasteiger partial charge in [-0.3, -0.25) is 14.5 Å². The molecule has 0 bridgehead atoms. The minimum absolute atomic E-state index is 0.00155. The third-order valence-electron chi connectivity index (χ3n) is 9.65. The van der Waals surface area contributed by atoms with Gasteiger partial charge in [0.25, 0.3) is 0 Å². The molecule has 1 amide bonds. The number of rotatable bonds is 14. The molecule has 2 aromatic carbocycles. The van der Waals surface area contributed by atoms with Crippen LogP contribution in [0, 0.1) is 12.8 Å². The van der Waals surface area contributed by atoms with E-state index in [4.69, 9.17) is 32.9 Å². The monoisotopic (exact) mass is 795 g/mol. The molecule has 5 aromatic rings. The van der Waals surface area contributed by atoms with Crippen molar-refractivity contribution in [3.63, 3.8) is 0 Å². The standard InChI is InChI=1S/C38H37Cl2F2N7O4S/c1-20-14-28(47-37(53-38(41)42)26(20)17-43-16-22-8-9-30(50)45-22)25-6-2-4-23(33(25)39)24-5-3-7-27(34(24)40)46-36-35-29(10-12-44-36)54-31(48-35)19-49-13-11-21(18-49)15-32(51)52/h2-7,10,12,14,21-22,38,43H,8-9,11,13,15-19H2,1H3,(H,44,46)(H,45,50)(H,51,52)/t21-,22+/m1/s1. The van der Waals surface area contributed by atoms with Gasteiger partial charge >= 0.3 is 12.6 Å². The van der Waals surface area contributed by atoms with E-state index in [1.807, 2.05) is 30.3 Å². The highest BCUT2D eigenvalue weighted by atomic mass is 35.5. The molecule has 282 valence electrons. The Kier molecular flexibility index (Phi) is 11.6. The summed E-state index contributed by atoms with van der Waals surface area (Å²) in [4.78, 5) is 38.9. The van der Waals surface area contributed by atoms with Crippen molar-refractivity contribution in [3.05, 3.63) is 80.9 Å². The number of ether oxygens (including phenoxy) is 1. The Morgan fingerprint density at radius 3 is 2.65 bits per heavy atom. The third-order valence-corrected chi connectivity index (χ3v) is 11.5. The summed E-state index contributed by atoms with van der Waals surface area (Å²) in [6, 6.07) is 14.6. The van der Waals surface area contributed by atoms with Gasteiger partial charge in [0.05, 0.1) is 32.7 Å². The number of hydrogen-bond donors (Lipinski definition) is 4. The number of carbonyl (C=O) groups excluding carboxylic acids is 1. The maximum Gasteiger partial charge on any atom is 0.388 e. The van der Waals surface area contributed by atoms with Crippen molar-refractivity contribution in [3.8, 4) is 28.3 Å². The van der Waals surface area contributed by atoms with Crippen LogP contribution >= 0.6 is 34.5 Å². The van der Waals surface area contributed by atoms with Crippen LogP contribution < -0.4 is 20.7 Å². The third kappa shape index (κ3) is 8.58. The number of halogens is 4. The summed E-state index contributed by atoms with van der Waals surface area (Å²) in [5.74, 6) is -0.299. The maximum absolute atomic E-state index is 13.6. The lowest BCUT2D eigenvalue weighted by Crippen LogP contribution is -2.35. The molecule has 2 fully saturated rings. The number of pyridine rings is 2. The quantitative estimate of drug-likeness (QED) is 0.0873. The fraction of sp³-hybridized carbons (Fsp3) is 0.342. The number of alkyl halides is 2. The SMILES string of the molecule is Cc1cc(-c2cccc(-c3cccc(Nc4nccc5sc(CN6CC[C@H](CC(=O)O)C6)nc45)c3Cl)c2Cl)nc(OC(F)F)c1CNC[C@@H]1CCC(=O)N1. The number of likely N-dealkylation sites (tertiary alicyclic amines) is 1. The van der Waals surface area contributed by atoms with Crippen LogP contribution in [0.3, 0.4) is 0 Å². The lowest BCUT2D eigenvalue weighted by Gasteiger charge is -2.18. The number of nitrogens with one attached hydrogen (secondary N) is 3. The Morgan fingerprint density at radius 1 is 1.11 bits per heavy atom. The van der Waals surface area contributed by atoms with Crippen LogP contribution in [-0.4, -0.2) is 69.1 Å². The second-order valence-electron chi connectivity index (χ2n) is 13.5. The molecule has 5 heterocycles. The number of carboxylic acids is 1. The highest BCUT2D eigenvalue weighted by Gasteiger charge is 2.26. The number of benzene rings is 2. The molecule has 16 heteroatoms. The van der Waals surface area contributed by atoms with Gasteiger partial charge in [0.1, 0.15) is 10.5 Å². The Morgan fingerprint density at radius 2 is 1.89 bits per heavy atom. The molecule has 7 rings (SSSR count). The molecule has 2 aliphatic heterocycles. The van der Waals surface area contributed by atoms with E-state index in [1.54, 1.807) is 42.7 Å². The summed E-state index contributed by atoms with van der Waals surface area (Å²) in [6.07, 6.45) is 3.91. The fourth-order valence-corrected chi connectivity index (χ4v) is 8.64. The molecule has 0 aliphatic carbocycles. The van der Waals surface area contributed by atoms with E-state index in [9.17, 15) is 23.5 Å². The molecule has 54 heavy (non-hydrogen) atoms. The molecule has 0 saturated carbocycles.